The molecule has 9 rings (SSSR count). The number of pyridine rings is 1. The molecule has 5 aliphatic carbocycles. The lowest BCUT2D eigenvalue weighted by Crippen LogP contribution is -2.70. The number of hydrogen-bond donors (Lipinski definition) is 3. The molecule has 4 N–H and O–H groups in total. The summed E-state index contributed by atoms with van der Waals surface area (Å²) in [5, 5.41) is 16.8. The van der Waals surface area contributed by atoms with E-state index < -0.39 is 94.0 Å². The molecule has 0 radical (unpaired) electrons. The van der Waals surface area contributed by atoms with E-state index in [2.05, 4.69) is 10.3 Å². The van der Waals surface area contributed by atoms with Gasteiger partial charge in [-0.1, -0.05) is 48.9 Å². The van der Waals surface area contributed by atoms with Gasteiger partial charge in [-0.2, -0.15) is 0 Å². The van der Waals surface area contributed by atoms with Crippen LogP contribution in [0.25, 0.3) is 10.8 Å². The number of amides is 1. The van der Waals surface area contributed by atoms with Crippen molar-refractivity contribution in [2.45, 2.75) is 108 Å². The molecule has 1 saturated heterocycles. The minimum absolute atomic E-state index is 0.0511. The summed E-state index contributed by atoms with van der Waals surface area (Å²) in [7, 11) is 0. The summed E-state index contributed by atoms with van der Waals surface area (Å²) in [6.45, 7) is 6.58. The molecule has 14 heteroatoms. The Labute approximate surface area is 364 Å². The van der Waals surface area contributed by atoms with E-state index in [0.717, 1.165) is 16.3 Å². The lowest BCUT2D eigenvalue weighted by molar-refractivity contribution is -0.246. The number of carbonyl (C=O) groups is 5. The van der Waals surface area contributed by atoms with Gasteiger partial charge < -0.3 is 35.1 Å². The van der Waals surface area contributed by atoms with Crippen molar-refractivity contribution in [3.05, 3.63) is 95.9 Å². The number of anilines is 1. The molecule has 1 aliphatic heterocycles. The molecule has 63 heavy (non-hydrogen) atoms. The Hall–Kier alpha value is -5.15. The third kappa shape index (κ3) is 6.95. The summed E-state index contributed by atoms with van der Waals surface area (Å²) in [4.78, 5) is 70.7. The first-order valence-corrected chi connectivity index (χ1v) is 21.9. The number of halogens is 1. The third-order valence-corrected chi connectivity index (χ3v) is 15.2. The van der Waals surface area contributed by atoms with E-state index in [1.807, 2.05) is 43.3 Å². The smallest absolute Gasteiger partial charge is 0.310 e. The van der Waals surface area contributed by atoms with Crippen molar-refractivity contribution in [1.29, 1.82) is 0 Å². The van der Waals surface area contributed by atoms with Gasteiger partial charge in [0.2, 0.25) is 11.7 Å². The highest BCUT2D eigenvalue weighted by Gasteiger charge is 2.80. The number of nitrogens with zero attached hydrogens (tertiary/aromatic N) is 1. The van der Waals surface area contributed by atoms with Crippen molar-refractivity contribution in [3.8, 4) is 0 Å². The number of nitrogens with one attached hydrogen (secondary N) is 1. The minimum Gasteiger partial charge on any atom is -0.461 e. The highest BCUT2D eigenvalue weighted by atomic mass is 19.1. The maximum absolute atomic E-state index is 17.8. The maximum Gasteiger partial charge on any atom is 0.310 e. The summed E-state index contributed by atoms with van der Waals surface area (Å²) in [6.07, 6.45) is 7.26. The van der Waals surface area contributed by atoms with Crippen molar-refractivity contribution < 1.29 is 52.4 Å². The zero-order valence-corrected chi connectivity index (χ0v) is 35.9. The van der Waals surface area contributed by atoms with Crippen LogP contribution in [0.5, 0.6) is 0 Å². The number of Topliss-reactive ketones (excluding diaryl/α,β-unsaturated/α-hetero) is 1. The van der Waals surface area contributed by atoms with Crippen LogP contribution in [0.3, 0.4) is 0 Å². The van der Waals surface area contributed by atoms with Gasteiger partial charge in [0.15, 0.2) is 29.4 Å². The van der Waals surface area contributed by atoms with Gasteiger partial charge in [0.1, 0.15) is 6.61 Å². The number of ether oxygens (including phenoxy) is 4. The van der Waals surface area contributed by atoms with Crippen LogP contribution < -0.4 is 11.1 Å². The third-order valence-electron chi connectivity index (χ3n) is 15.2. The number of hydrogen-bond acceptors (Lipinski definition) is 12. The number of esters is 2. The second kappa shape index (κ2) is 15.5. The van der Waals surface area contributed by atoms with E-state index in [1.54, 1.807) is 51.4 Å². The molecular weight excluding hydrogens is 810 g/mol. The quantitative estimate of drug-likeness (QED) is 0.181. The van der Waals surface area contributed by atoms with E-state index in [9.17, 15) is 29.1 Å². The van der Waals surface area contributed by atoms with Crippen molar-refractivity contribution in [3.63, 3.8) is 0 Å². The fourth-order valence-corrected chi connectivity index (χ4v) is 12.0. The van der Waals surface area contributed by atoms with Crippen LogP contribution in [-0.4, -0.2) is 81.9 Å². The topological polar surface area (TPSA) is 193 Å². The van der Waals surface area contributed by atoms with Gasteiger partial charge in [-0.05, 0) is 119 Å². The van der Waals surface area contributed by atoms with Crippen LogP contribution in [0, 0.1) is 34.5 Å². The Balaban J connectivity index is 0.809. The average molecular weight is 864 g/mol. The lowest BCUT2D eigenvalue weighted by atomic mass is 9.44. The van der Waals surface area contributed by atoms with Crippen molar-refractivity contribution in [1.82, 2.24) is 4.98 Å². The zero-order valence-electron chi connectivity index (χ0n) is 35.9. The maximum atomic E-state index is 17.8. The van der Waals surface area contributed by atoms with E-state index in [1.165, 1.54) is 12.2 Å². The number of fused-ring (bicyclic) bond motifs is 8. The van der Waals surface area contributed by atoms with Crippen molar-refractivity contribution in [2.24, 2.45) is 40.2 Å². The number of benzene rings is 2. The molecule has 0 spiro atoms. The number of alkyl halides is 1. The number of allylic oxidation sites excluding steroid dienone is 4. The van der Waals surface area contributed by atoms with Gasteiger partial charge >= 0.3 is 11.9 Å². The van der Waals surface area contributed by atoms with Crippen LogP contribution in [-0.2, 0) is 49.5 Å². The first kappa shape index (κ1) is 43.1. The lowest BCUT2D eigenvalue weighted by Gasteiger charge is -2.62. The Morgan fingerprint density at radius 1 is 0.984 bits per heavy atom. The highest BCUT2D eigenvalue weighted by molar-refractivity contribution is 6.01. The molecule has 2 heterocycles. The number of aliphatic hydroxyl groups excluding tert-OH is 1. The van der Waals surface area contributed by atoms with E-state index in [0.29, 0.717) is 49.1 Å². The van der Waals surface area contributed by atoms with Crippen LogP contribution in [0.1, 0.15) is 83.3 Å². The molecule has 13 nitrogen and oxygen atoms in total. The number of aliphatic hydroxyl groups is 1. The monoisotopic (exact) mass is 863 g/mol. The zero-order chi connectivity index (χ0) is 44.7. The summed E-state index contributed by atoms with van der Waals surface area (Å²) in [5.74, 6) is -6.54. The van der Waals surface area contributed by atoms with E-state index in [4.69, 9.17) is 24.7 Å². The van der Waals surface area contributed by atoms with Crippen LogP contribution in [0.2, 0.25) is 0 Å². The molecular formula is C49H54FN3O10. The molecule has 3 aromatic rings. The molecule has 11 atom stereocenters. The fraction of sp³-hybridized carbons (Fsp3) is 0.510. The van der Waals surface area contributed by atoms with Crippen LogP contribution in [0.4, 0.5) is 10.1 Å². The fourth-order valence-electron chi connectivity index (χ4n) is 12.0. The Morgan fingerprint density at radius 2 is 1.73 bits per heavy atom. The number of nitrogens with two attached hydrogens (primary N) is 1. The molecule has 2 aromatic carbocycles. The Kier molecular flexibility index (Phi) is 10.6. The Bertz CT molecular complexity index is 2450. The number of ketones is 2. The van der Waals surface area contributed by atoms with Crippen LogP contribution in [0.15, 0.2) is 84.7 Å². The number of aromatic nitrogens is 1. The molecule has 332 valence electrons. The highest BCUT2D eigenvalue weighted by Crippen LogP contribution is 2.72. The number of rotatable bonds is 12. The molecule has 6 aliphatic rings. The molecule has 1 aromatic heterocycles. The van der Waals surface area contributed by atoms with Gasteiger partial charge in [0, 0.05) is 40.2 Å². The summed E-state index contributed by atoms with van der Waals surface area (Å²) in [6, 6.07) is 14.7. The average Bonchev–Trinajstić information content (AvgIpc) is 3.96. The standard InChI is InChI=1S/C49H54FN3O10/c1-45(2)62-41-22-38-37-12-10-31-20-33(54)13-16-46(31,3)48(37,50)39(55)23-47(38,4)49(41,63-45)40(56)26-61-44(59)36-21-35(36)43(58)60-25-27-5-7-28(8-6-27)34(14-17-51)42(57)53-32-11-9-30-24-52-18-15-29(30)19-32/h5-9,11,13,15-16,18-20,24,34-39,41,55H,10,12,14,17,21-23,25-26,51H2,1-4H3,(H,53,57)/t34?,35?,36?,37-,38-,39-,41+,46-,47-,48-,49+/m0/s1. The van der Waals surface area contributed by atoms with Gasteiger partial charge in [-0.25, -0.2) is 4.39 Å². The molecule has 3 unspecified atom stereocenters. The van der Waals surface area contributed by atoms with Crippen molar-refractivity contribution in [2.75, 3.05) is 18.5 Å². The molecule has 5 fully saturated rings. The molecule has 1 amide bonds. The first-order chi connectivity index (χ1) is 29.9. The SMILES string of the molecule is CC1(C)O[C@@H]2C[C@H]3[C@@H]4CCC5=CC(=O)C=C[C@]5(C)[C@@]4(F)[C@@H](O)C[C@]3(C)[C@]2(C(=O)COC(=O)C2CC2C(=O)OCc2ccc(C(CCN)C(=O)Nc3ccc4cnccc4c3)cc2)O1. The van der Waals surface area contributed by atoms with Crippen molar-refractivity contribution >= 4 is 45.9 Å². The summed E-state index contributed by atoms with van der Waals surface area (Å²) in [5.41, 5.74) is 2.62. The second-order valence-corrected chi connectivity index (χ2v) is 19.2. The molecule has 0 bridgehead atoms. The van der Waals surface area contributed by atoms with Gasteiger partial charge in [0.05, 0.1) is 30.0 Å². The van der Waals surface area contributed by atoms with Crippen LogP contribution >= 0.6 is 0 Å². The number of carbonyl (C=O) groups excluding carboxylic acids is 5. The normalized spacial score (nSPS) is 35.0. The van der Waals surface area contributed by atoms with Gasteiger partial charge in [0.25, 0.3) is 0 Å². The second-order valence-electron chi connectivity index (χ2n) is 19.2. The van der Waals surface area contributed by atoms with E-state index >= 15 is 4.39 Å². The predicted octanol–water partition coefficient (Wildman–Crippen LogP) is 5.97. The minimum atomic E-state index is -2.11. The first-order valence-electron chi connectivity index (χ1n) is 21.9. The van der Waals surface area contributed by atoms with Gasteiger partial charge in [-0.3, -0.25) is 29.0 Å². The summed E-state index contributed by atoms with van der Waals surface area (Å²) >= 11 is 0. The summed E-state index contributed by atoms with van der Waals surface area (Å²) < 4.78 is 41.9. The molecule has 4 saturated carbocycles. The van der Waals surface area contributed by atoms with Gasteiger partial charge in [-0.15, -0.1) is 0 Å². The Morgan fingerprint density at radius 3 is 2.48 bits per heavy atom. The predicted molar refractivity (Wildman–Crippen MR) is 227 cm³/mol. The largest absolute Gasteiger partial charge is 0.461 e. The van der Waals surface area contributed by atoms with E-state index in [-0.39, 0.29) is 31.1 Å².